The number of benzene rings is 1. The van der Waals surface area contributed by atoms with Gasteiger partial charge in [-0.2, -0.15) is 0 Å². The van der Waals surface area contributed by atoms with Crippen molar-refractivity contribution in [1.29, 1.82) is 0 Å². The van der Waals surface area contributed by atoms with Gasteiger partial charge in [-0.3, -0.25) is 0 Å². The van der Waals surface area contributed by atoms with Crippen molar-refractivity contribution in [2.24, 2.45) is 17.8 Å². The second kappa shape index (κ2) is 6.11. The van der Waals surface area contributed by atoms with Crippen molar-refractivity contribution in [2.45, 2.75) is 39.0 Å². The van der Waals surface area contributed by atoms with Crippen LogP contribution in [0.2, 0.25) is 0 Å². The van der Waals surface area contributed by atoms with Crippen molar-refractivity contribution < 1.29 is 4.74 Å². The molecule has 2 bridgehead atoms. The molecule has 2 heteroatoms. The highest BCUT2D eigenvalue weighted by atomic mass is 16.5. The number of ether oxygens (including phenoxy) is 1. The Morgan fingerprint density at radius 1 is 1.25 bits per heavy atom. The summed E-state index contributed by atoms with van der Waals surface area (Å²) in [6.45, 7) is 4.00. The zero-order chi connectivity index (χ0) is 13.9. The maximum absolute atomic E-state index is 5.20. The molecule has 0 heterocycles. The van der Waals surface area contributed by atoms with E-state index in [0.29, 0.717) is 12.6 Å². The Balaban J connectivity index is 1.54. The molecule has 1 aromatic rings. The number of allylic oxidation sites excluding steroid dienone is 2. The molecule has 0 saturated heterocycles. The summed E-state index contributed by atoms with van der Waals surface area (Å²) in [5, 5.41) is 3.72. The fourth-order valence-electron chi connectivity index (χ4n) is 3.82. The van der Waals surface area contributed by atoms with Gasteiger partial charge in [-0.1, -0.05) is 36.4 Å². The fraction of sp³-hybridized carbons (Fsp3) is 0.556. The van der Waals surface area contributed by atoms with Gasteiger partial charge in [-0.15, -0.1) is 0 Å². The van der Waals surface area contributed by atoms with Crippen LogP contribution in [0, 0.1) is 17.8 Å². The molecule has 0 aromatic heterocycles. The van der Waals surface area contributed by atoms with E-state index in [1.165, 1.54) is 24.0 Å². The van der Waals surface area contributed by atoms with Crippen molar-refractivity contribution in [3.63, 3.8) is 0 Å². The van der Waals surface area contributed by atoms with Crippen LogP contribution in [-0.2, 0) is 17.9 Å². The number of methoxy groups -OCH3 is 1. The first-order valence-electron chi connectivity index (χ1n) is 7.74. The summed E-state index contributed by atoms with van der Waals surface area (Å²) in [4.78, 5) is 0. The smallest absolute Gasteiger partial charge is 0.0713 e. The minimum Gasteiger partial charge on any atom is -0.380 e. The summed E-state index contributed by atoms with van der Waals surface area (Å²) in [6.07, 6.45) is 7.62. The number of hydrogen-bond donors (Lipinski definition) is 1. The first-order chi connectivity index (χ1) is 9.76. The molecule has 1 N–H and O–H groups in total. The SMILES string of the molecule is COCc1cccc(CNC(C)C2CC3C=CC2C3)c1. The molecule has 0 amide bonds. The van der Waals surface area contributed by atoms with Gasteiger partial charge in [0.1, 0.15) is 0 Å². The lowest BCUT2D eigenvalue weighted by Gasteiger charge is -2.26. The lowest BCUT2D eigenvalue weighted by molar-refractivity contribution is 0.185. The minimum atomic E-state index is 0.598. The number of hydrogen-bond acceptors (Lipinski definition) is 2. The van der Waals surface area contributed by atoms with Gasteiger partial charge in [0, 0.05) is 19.7 Å². The molecule has 3 rings (SSSR count). The summed E-state index contributed by atoms with van der Waals surface area (Å²) >= 11 is 0. The third-order valence-corrected chi connectivity index (χ3v) is 4.90. The average Bonchev–Trinajstić information content (AvgIpc) is 3.08. The summed E-state index contributed by atoms with van der Waals surface area (Å²) in [7, 11) is 1.75. The normalized spacial score (nSPS) is 29.0. The van der Waals surface area contributed by atoms with Crippen LogP contribution in [0.25, 0.3) is 0 Å². The Morgan fingerprint density at radius 2 is 2.10 bits per heavy atom. The van der Waals surface area contributed by atoms with E-state index in [4.69, 9.17) is 4.74 Å². The summed E-state index contributed by atoms with van der Waals surface area (Å²) in [5.74, 6) is 2.51. The van der Waals surface area contributed by atoms with Gasteiger partial charge in [0.15, 0.2) is 0 Å². The van der Waals surface area contributed by atoms with Crippen LogP contribution in [0.4, 0.5) is 0 Å². The third kappa shape index (κ3) is 2.97. The Morgan fingerprint density at radius 3 is 2.80 bits per heavy atom. The van der Waals surface area contributed by atoms with E-state index in [0.717, 1.165) is 24.3 Å². The van der Waals surface area contributed by atoms with Crippen molar-refractivity contribution >= 4 is 0 Å². The zero-order valence-corrected chi connectivity index (χ0v) is 12.5. The summed E-state index contributed by atoms with van der Waals surface area (Å²) in [5.41, 5.74) is 2.60. The van der Waals surface area contributed by atoms with E-state index in [2.05, 4.69) is 48.7 Å². The molecular formula is C18H25NO. The van der Waals surface area contributed by atoms with Crippen molar-refractivity contribution in [2.75, 3.05) is 7.11 Å². The highest BCUT2D eigenvalue weighted by molar-refractivity contribution is 5.23. The maximum Gasteiger partial charge on any atom is 0.0713 e. The summed E-state index contributed by atoms with van der Waals surface area (Å²) < 4.78 is 5.20. The van der Waals surface area contributed by atoms with E-state index in [1.807, 2.05) is 0 Å². The Hall–Kier alpha value is -1.12. The maximum atomic E-state index is 5.20. The Labute approximate surface area is 122 Å². The molecule has 1 aromatic carbocycles. The van der Waals surface area contributed by atoms with Crippen LogP contribution >= 0.6 is 0 Å². The van der Waals surface area contributed by atoms with Crippen LogP contribution in [0.15, 0.2) is 36.4 Å². The lowest BCUT2D eigenvalue weighted by Crippen LogP contribution is -2.35. The average molecular weight is 271 g/mol. The Bertz CT molecular complexity index is 482. The topological polar surface area (TPSA) is 21.3 Å². The second-order valence-electron chi connectivity index (χ2n) is 6.37. The number of nitrogens with one attached hydrogen (secondary N) is 1. The van der Waals surface area contributed by atoms with Gasteiger partial charge in [-0.25, -0.2) is 0 Å². The van der Waals surface area contributed by atoms with E-state index >= 15 is 0 Å². The van der Waals surface area contributed by atoms with Gasteiger partial charge < -0.3 is 10.1 Å². The van der Waals surface area contributed by atoms with Crippen LogP contribution in [-0.4, -0.2) is 13.2 Å². The van der Waals surface area contributed by atoms with Crippen molar-refractivity contribution in [3.05, 3.63) is 47.5 Å². The van der Waals surface area contributed by atoms with Crippen LogP contribution in [0.1, 0.15) is 30.9 Å². The lowest BCUT2D eigenvalue weighted by atomic mass is 9.87. The van der Waals surface area contributed by atoms with Crippen molar-refractivity contribution in [1.82, 2.24) is 5.32 Å². The molecule has 2 aliphatic carbocycles. The highest BCUT2D eigenvalue weighted by Crippen LogP contribution is 2.44. The third-order valence-electron chi connectivity index (χ3n) is 4.90. The van der Waals surface area contributed by atoms with E-state index < -0.39 is 0 Å². The van der Waals surface area contributed by atoms with Gasteiger partial charge in [0.05, 0.1) is 6.61 Å². The first-order valence-corrected chi connectivity index (χ1v) is 7.74. The molecule has 0 radical (unpaired) electrons. The molecule has 4 atom stereocenters. The predicted molar refractivity (Wildman–Crippen MR) is 82.3 cm³/mol. The predicted octanol–water partition coefficient (Wildman–Crippen LogP) is 3.52. The summed E-state index contributed by atoms with van der Waals surface area (Å²) in [6, 6.07) is 9.28. The quantitative estimate of drug-likeness (QED) is 0.799. The first kappa shape index (κ1) is 13.8. The molecule has 2 aliphatic rings. The van der Waals surface area contributed by atoms with Crippen LogP contribution in [0.5, 0.6) is 0 Å². The fourth-order valence-corrected chi connectivity index (χ4v) is 3.82. The van der Waals surface area contributed by atoms with Gasteiger partial charge in [0.25, 0.3) is 0 Å². The molecule has 20 heavy (non-hydrogen) atoms. The van der Waals surface area contributed by atoms with E-state index in [-0.39, 0.29) is 0 Å². The molecule has 0 aliphatic heterocycles. The standard InChI is InChI=1S/C18H25NO/c1-13(18-10-14-6-7-17(18)9-14)19-11-15-4-3-5-16(8-15)12-20-2/h3-8,13-14,17-19H,9-12H2,1-2H3. The number of fused-ring (bicyclic) bond motifs is 2. The van der Waals surface area contributed by atoms with Crippen LogP contribution in [0.3, 0.4) is 0 Å². The number of rotatable bonds is 6. The molecule has 108 valence electrons. The molecular weight excluding hydrogens is 246 g/mol. The minimum absolute atomic E-state index is 0.598. The Kier molecular flexibility index (Phi) is 4.23. The van der Waals surface area contributed by atoms with Crippen LogP contribution < -0.4 is 5.32 Å². The van der Waals surface area contributed by atoms with Gasteiger partial charge in [0.2, 0.25) is 0 Å². The molecule has 0 spiro atoms. The zero-order valence-electron chi connectivity index (χ0n) is 12.5. The molecule has 1 fully saturated rings. The molecule has 2 nitrogen and oxygen atoms in total. The largest absolute Gasteiger partial charge is 0.380 e. The van der Waals surface area contributed by atoms with Crippen molar-refractivity contribution in [3.8, 4) is 0 Å². The van der Waals surface area contributed by atoms with Gasteiger partial charge >= 0.3 is 0 Å². The van der Waals surface area contributed by atoms with Gasteiger partial charge in [-0.05, 0) is 48.6 Å². The van der Waals surface area contributed by atoms with E-state index in [1.54, 1.807) is 7.11 Å². The highest BCUT2D eigenvalue weighted by Gasteiger charge is 2.38. The van der Waals surface area contributed by atoms with E-state index in [9.17, 15) is 0 Å². The molecule has 4 unspecified atom stereocenters. The monoisotopic (exact) mass is 271 g/mol. The molecule has 1 saturated carbocycles. The second-order valence-corrected chi connectivity index (χ2v) is 6.37.